The van der Waals surface area contributed by atoms with E-state index in [1.807, 2.05) is 0 Å². The van der Waals surface area contributed by atoms with Crippen LogP contribution in [0.4, 0.5) is 0 Å². The molecule has 0 spiro atoms. The minimum absolute atomic E-state index is 0.253. The molecule has 60 heavy (non-hydrogen) atoms. The number of methoxy groups -OCH3 is 2. The molecule has 0 radical (unpaired) electrons. The first-order chi connectivity index (χ1) is 28.0. The molecule has 0 heterocycles. The van der Waals surface area contributed by atoms with Crippen LogP contribution >= 0.6 is 23.2 Å². The molecule has 0 saturated carbocycles. The summed E-state index contributed by atoms with van der Waals surface area (Å²) in [5, 5.41) is 95.3. The summed E-state index contributed by atoms with van der Waals surface area (Å²) in [6, 6.07) is 4.67. The lowest BCUT2D eigenvalue weighted by molar-refractivity contribution is -0.136. The molecule has 4 aromatic rings. The summed E-state index contributed by atoms with van der Waals surface area (Å²) in [6.07, 6.45) is 1.30. The third kappa shape index (κ3) is 5.98. The molecule has 16 heteroatoms. The Balaban J connectivity index is 2.11. The Morgan fingerprint density at radius 2 is 0.933 bits per heavy atom. The number of phenolic OH excluding ortho intramolecular Hbond substituents is 4. The number of benzene rings is 4. The molecular weight excluding hydrogens is 823 g/mol. The van der Waals surface area contributed by atoms with Crippen LogP contribution in [0.25, 0.3) is 32.7 Å². The molecule has 0 bridgehead atoms. The Morgan fingerprint density at radius 1 is 0.617 bits per heavy atom. The van der Waals surface area contributed by atoms with Crippen molar-refractivity contribution in [3.63, 3.8) is 0 Å². The van der Waals surface area contributed by atoms with Gasteiger partial charge < -0.3 is 50.3 Å². The van der Waals surface area contributed by atoms with E-state index in [1.54, 1.807) is 0 Å². The van der Waals surface area contributed by atoms with E-state index in [1.165, 1.54) is 53.7 Å². The first-order valence-corrected chi connectivity index (χ1v) is 19.6. The van der Waals surface area contributed by atoms with Gasteiger partial charge >= 0.3 is 11.9 Å². The highest BCUT2D eigenvalue weighted by Gasteiger charge is 2.59. The summed E-state index contributed by atoms with van der Waals surface area (Å²) in [5.74, 6) is -17.3. The molecule has 0 amide bonds. The Bertz CT molecular complexity index is 2450. The molecule has 0 aliphatic heterocycles. The zero-order chi connectivity index (χ0) is 44.8. The van der Waals surface area contributed by atoms with Crippen LogP contribution in [0.1, 0.15) is 85.2 Å². The maximum Gasteiger partial charge on any atom is 0.333 e. The van der Waals surface area contributed by atoms with E-state index < -0.39 is 138 Å². The predicted molar refractivity (Wildman–Crippen MR) is 221 cm³/mol. The number of aliphatic hydroxyl groups excluding tert-OH is 2. The molecular formula is C44H44Cl2O14. The minimum Gasteiger partial charge on any atom is -0.511 e. The molecule has 2 aliphatic rings. The third-order valence-electron chi connectivity index (χ3n) is 12.6. The number of rotatable bonds is 7. The van der Waals surface area contributed by atoms with E-state index in [-0.39, 0.29) is 31.9 Å². The summed E-state index contributed by atoms with van der Waals surface area (Å²) >= 11 is 14.0. The number of carbonyl (C=O) groups excluding carboxylic acids is 4. The topological polar surface area (TPSA) is 249 Å². The van der Waals surface area contributed by atoms with Gasteiger partial charge in [-0.05, 0) is 58.4 Å². The van der Waals surface area contributed by atoms with Gasteiger partial charge in [0.05, 0.1) is 71.3 Å². The van der Waals surface area contributed by atoms with Gasteiger partial charge in [-0.25, -0.2) is 9.59 Å². The number of Topliss-reactive ketones (excluding diaryl/α,β-unsaturated/α-hetero) is 2. The van der Waals surface area contributed by atoms with Gasteiger partial charge in [-0.2, -0.15) is 0 Å². The van der Waals surface area contributed by atoms with Crippen LogP contribution in [0.2, 0.25) is 10.0 Å². The number of phenols is 4. The fourth-order valence-electron chi connectivity index (χ4n) is 9.50. The standard InChI is InChI=1S/C44H44Cl2O14/c1-15(2)43(57)17(5)39(53)35-33(37(43)23(49)13-25(51)59-7)31(27-19(45)9-11-21(47)29(27)41(35)55)32-28-20(46)10-12-22(48)30(28)42(56)36-34(32)38(24(50)14-26(52)60-8)44(58,16(3)4)18(6)40(36)54/h9-18,37-38,47-50,55-58H,1-8H3/b23-13-,24-14-. The normalized spacial score (nSPS) is 24.6. The average molecular weight is 868 g/mol. The molecule has 6 rings (SSSR count). The van der Waals surface area contributed by atoms with Crippen LogP contribution in [0.5, 0.6) is 23.0 Å². The second kappa shape index (κ2) is 15.2. The van der Waals surface area contributed by atoms with Crippen LogP contribution in [-0.4, -0.2) is 89.8 Å². The number of esters is 2. The second-order valence-electron chi connectivity index (χ2n) is 16.0. The fourth-order valence-corrected chi connectivity index (χ4v) is 10.0. The number of halogens is 2. The second-order valence-corrected chi connectivity index (χ2v) is 16.8. The number of aliphatic hydroxyl groups is 4. The van der Waals surface area contributed by atoms with Crippen molar-refractivity contribution < 1.29 is 69.5 Å². The molecule has 4 aromatic carbocycles. The highest BCUT2D eigenvalue weighted by Crippen LogP contribution is 2.63. The number of aromatic hydroxyl groups is 4. The maximum atomic E-state index is 14.8. The molecule has 318 valence electrons. The molecule has 6 unspecified atom stereocenters. The first-order valence-electron chi connectivity index (χ1n) is 18.9. The van der Waals surface area contributed by atoms with Gasteiger partial charge in [0.2, 0.25) is 0 Å². The molecule has 14 nitrogen and oxygen atoms in total. The van der Waals surface area contributed by atoms with E-state index in [4.69, 9.17) is 32.7 Å². The van der Waals surface area contributed by atoms with Gasteiger partial charge in [0.15, 0.2) is 11.6 Å². The van der Waals surface area contributed by atoms with Gasteiger partial charge in [-0.3, -0.25) is 9.59 Å². The number of hydrogen-bond donors (Lipinski definition) is 8. The van der Waals surface area contributed by atoms with Crippen molar-refractivity contribution in [1.29, 1.82) is 0 Å². The Kier molecular flexibility index (Phi) is 11.1. The van der Waals surface area contributed by atoms with Gasteiger partial charge in [0, 0.05) is 32.7 Å². The maximum absolute atomic E-state index is 14.8. The number of carbonyl (C=O) groups is 4. The zero-order valence-corrected chi connectivity index (χ0v) is 35.2. The number of ketones is 2. The van der Waals surface area contributed by atoms with E-state index in [0.29, 0.717) is 12.2 Å². The van der Waals surface area contributed by atoms with E-state index >= 15 is 0 Å². The van der Waals surface area contributed by atoms with Crippen LogP contribution in [-0.2, 0) is 19.1 Å². The Labute approximate surface area is 353 Å². The third-order valence-corrected chi connectivity index (χ3v) is 13.2. The summed E-state index contributed by atoms with van der Waals surface area (Å²) in [7, 11) is 2.06. The van der Waals surface area contributed by atoms with Crippen molar-refractivity contribution in [1.82, 2.24) is 0 Å². The van der Waals surface area contributed by atoms with Crippen molar-refractivity contribution in [3.05, 3.63) is 80.2 Å². The highest BCUT2D eigenvalue weighted by atomic mass is 35.5. The summed E-state index contributed by atoms with van der Waals surface area (Å²) in [5.41, 5.74) is -7.45. The smallest absolute Gasteiger partial charge is 0.333 e. The van der Waals surface area contributed by atoms with Gasteiger partial charge in [-0.15, -0.1) is 0 Å². The Morgan fingerprint density at radius 3 is 1.22 bits per heavy atom. The zero-order valence-electron chi connectivity index (χ0n) is 33.7. The SMILES string of the molecule is COC(=O)/C=C(\O)C1c2c(c(O)c3c(O)ccc(Cl)c3c2-c2c3c(c(O)c4c(O)ccc(Cl)c24)C(=O)C(C)C(O)(C(C)C)C3/C(O)=C/C(=O)OC)C(=O)C(C)C1(O)C(C)C. The quantitative estimate of drug-likeness (QED) is 0.0506. The van der Waals surface area contributed by atoms with Gasteiger partial charge in [0.1, 0.15) is 34.5 Å². The lowest BCUT2D eigenvalue weighted by atomic mass is 9.56. The molecule has 0 saturated heterocycles. The van der Waals surface area contributed by atoms with Crippen LogP contribution in [0.3, 0.4) is 0 Å². The van der Waals surface area contributed by atoms with Crippen molar-refractivity contribution in [2.45, 2.75) is 64.6 Å². The summed E-state index contributed by atoms with van der Waals surface area (Å²) in [4.78, 5) is 55.4. The number of fused-ring (bicyclic) bond motifs is 4. The summed E-state index contributed by atoms with van der Waals surface area (Å²) in [6.45, 7) is 8.82. The van der Waals surface area contributed by atoms with Gasteiger partial charge in [0.25, 0.3) is 0 Å². The summed E-state index contributed by atoms with van der Waals surface area (Å²) < 4.78 is 9.61. The fraction of sp³-hybridized carbons (Fsp3) is 0.364. The molecule has 0 aromatic heterocycles. The number of hydrogen-bond acceptors (Lipinski definition) is 14. The van der Waals surface area contributed by atoms with Crippen molar-refractivity contribution in [2.75, 3.05) is 14.2 Å². The molecule has 0 fully saturated rings. The van der Waals surface area contributed by atoms with Crippen LogP contribution in [0.15, 0.2) is 47.9 Å². The van der Waals surface area contributed by atoms with E-state index in [2.05, 4.69) is 0 Å². The number of ether oxygens (including phenoxy) is 2. The van der Waals surface area contributed by atoms with Crippen LogP contribution in [0, 0.1) is 23.7 Å². The lowest BCUT2D eigenvalue weighted by Gasteiger charge is -2.49. The van der Waals surface area contributed by atoms with Crippen molar-refractivity contribution >= 4 is 68.3 Å². The van der Waals surface area contributed by atoms with Crippen molar-refractivity contribution in [2.24, 2.45) is 23.7 Å². The van der Waals surface area contributed by atoms with E-state index in [9.17, 15) is 60.0 Å². The predicted octanol–water partition coefficient (Wildman–Crippen LogP) is 7.63. The van der Waals surface area contributed by atoms with Crippen molar-refractivity contribution in [3.8, 4) is 34.1 Å². The minimum atomic E-state index is -2.33. The first kappa shape index (κ1) is 44.0. The van der Waals surface area contributed by atoms with E-state index in [0.717, 1.165) is 26.4 Å². The molecule has 8 N–H and O–H groups in total. The van der Waals surface area contributed by atoms with Gasteiger partial charge in [-0.1, -0.05) is 64.7 Å². The highest BCUT2D eigenvalue weighted by molar-refractivity contribution is 6.41. The Hall–Kier alpha value is -5.54. The van der Waals surface area contributed by atoms with Crippen LogP contribution < -0.4 is 0 Å². The lowest BCUT2D eigenvalue weighted by Crippen LogP contribution is -2.55. The monoisotopic (exact) mass is 866 g/mol. The average Bonchev–Trinajstić information content (AvgIpc) is 3.18. The molecule has 2 aliphatic carbocycles. The largest absolute Gasteiger partial charge is 0.511 e. The molecule has 6 atom stereocenters.